The maximum absolute atomic E-state index is 10.8. The molecule has 2 N–H and O–H groups in total. The highest BCUT2D eigenvalue weighted by Crippen LogP contribution is 2.00. The maximum Gasteiger partial charge on any atom is 0.333 e. The molecular weight excluding hydrogens is 228 g/mol. The molecule has 4 nitrogen and oxygen atoms in total. The molecule has 2 atom stereocenters. The number of nitrogens with two attached hydrogens (primary N) is 1. The predicted molar refractivity (Wildman–Crippen MR) is 68.7 cm³/mol. The third-order valence-corrected chi connectivity index (χ3v) is 1.67. The monoisotopic (exact) mass is 250 g/mol. The van der Waals surface area contributed by atoms with Gasteiger partial charge in [0.15, 0.2) is 0 Å². The summed E-state index contributed by atoms with van der Waals surface area (Å²) in [5.41, 5.74) is 5.89. The number of hydrogen-bond acceptors (Lipinski definition) is 4. The number of alkyl halides is 1. The highest BCUT2D eigenvalue weighted by atomic mass is 35.5. The second kappa shape index (κ2) is 9.63. The van der Waals surface area contributed by atoms with E-state index in [1.54, 1.807) is 13.8 Å². The van der Waals surface area contributed by atoms with Crippen molar-refractivity contribution >= 4 is 17.6 Å². The Balaban J connectivity index is 0. The van der Waals surface area contributed by atoms with Crippen LogP contribution in [-0.2, 0) is 9.53 Å². The van der Waals surface area contributed by atoms with Crippen molar-refractivity contribution in [1.29, 1.82) is 0 Å². The molecule has 0 radical (unpaired) electrons. The van der Waals surface area contributed by atoms with Crippen LogP contribution < -0.4 is 5.73 Å². The van der Waals surface area contributed by atoms with Crippen molar-refractivity contribution in [3.63, 3.8) is 0 Å². The molecule has 0 aliphatic heterocycles. The molecule has 0 saturated heterocycles. The van der Waals surface area contributed by atoms with Gasteiger partial charge in [-0.3, -0.25) is 0 Å². The van der Waals surface area contributed by atoms with Gasteiger partial charge in [-0.2, -0.15) is 0 Å². The molecule has 0 spiro atoms. The largest absolute Gasteiger partial charge is 0.461 e. The zero-order valence-electron chi connectivity index (χ0n) is 10.8. The summed E-state index contributed by atoms with van der Waals surface area (Å²) in [6.45, 7) is 6.90. The highest BCUT2D eigenvalue weighted by molar-refractivity contribution is 6.20. The number of ether oxygens (including phenoxy) is 1. The standard InChI is InChI=1S/C8H14ClNO2.C3H9N/c1-5(2)8(11)12-4-7(10)6(3)9;1-4(2)3/h6-7H,1,4,10H2,2-3H3;1-3H3. The van der Waals surface area contributed by atoms with Gasteiger partial charge in [-0.05, 0) is 35.0 Å². The molecule has 0 heterocycles. The van der Waals surface area contributed by atoms with Crippen LogP contribution in [0.25, 0.3) is 0 Å². The lowest BCUT2D eigenvalue weighted by Crippen LogP contribution is -2.34. The second-order valence-corrected chi connectivity index (χ2v) is 4.75. The summed E-state index contributed by atoms with van der Waals surface area (Å²) in [4.78, 5) is 12.8. The zero-order chi connectivity index (χ0) is 13.3. The summed E-state index contributed by atoms with van der Waals surface area (Å²) in [7, 11) is 6.00. The van der Waals surface area contributed by atoms with Crippen LogP contribution in [0.5, 0.6) is 0 Å². The van der Waals surface area contributed by atoms with Crippen molar-refractivity contribution in [1.82, 2.24) is 4.90 Å². The lowest BCUT2D eigenvalue weighted by Gasteiger charge is -2.13. The number of hydrogen-bond donors (Lipinski definition) is 1. The Morgan fingerprint density at radius 3 is 2.12 bits per heavy atom. The fourth-order valence-electron chi connectivity index (χ4n) is 0.428. The molecule has 0 rings (SSSR count). The summed E-state index contributed by atoms with van der Waals surface area (Å²) < 4.78 is 4.78. The third-order valence-electron chi connectivity index (χ3n) is 1.35. The number of carbonyl (C=O) groups is 1. The van der Waals surface area contributed by atoms with Crippen LogP contribution in [0.1, 0.15) is 13.8 Å². The average Bonchev–Trinajstić information content (AvgIpc) is 2.12. The summed E-state index contributed by atoms with van der Waals surface area (Å²) in [6, 6.07) is -0.324. The summed E-state index contributed by atoms with van der Waals surface area (Å²) >= 11 is 5.65. The molecule has 0 aliphatic rings. The summed E-state index contributed by atoms with van der Waals surface area (Å²) in [5, 5.41) is -0.206. The van der Waals surface area contributed by atoms with Crippen LogP contribution in [0, 0.1) is 0 Å². The van der Waals surface area contributed by atoms with Gasteiger partial charge in [0.1, 0.15) is 6.61 Å². The Hall–Kier alpha value is -0.580. The summed E-state index contributed by atoms with van der Waals surface area (Å²) in [5.74, 6) is -0.428. The number of halogens is 1. The van der Waals surface area contributed by atoms with Gasteiger partial charge in [-0.15, -0.1) is 11.6 Å². The van der Waals surface area contributed by atoms with E-state index < -0.39 is 5.97 Å². The van der Waals surface area contributed by atoms with E-state index in [1.807, 2.05) is 26.0 Å². The van der Waals surface area contributed by atoms with E-state index in [1.165, 1.54) is 0 Å². The van der Waals surface area contributed by atoms with Crippen molar-refractivity contribution in [2.24, 2.45) is 5.73 Å². The first-order valence-electron chi connectivity index (χ1n) is 5.01. The van der Waals surface area contributed by atoms with Crippen LogP contribution in [-0.4, -0.2) is 50.0 Å². The van der Waals surface area contributed by atoms with Crippen molar-refractivity contribution in [3.05, 3.63) is 12.2 Å². The predicted octanol–water partition coefficient (Wildman–Crippen LogP) is 1.24. The Morgan fingerprint density at radius 2 is 1.88 bits per heavy atom. The molecule has 0 bridgehead atoms. The normalized spacial score (nSPS) is 13.5. The zero-order valence-corrected chi connectivity index (χ0v) is 11.5. The van der Waals surface area contributed by atoms with Gasteiger partial charge in [-0.25, -0.2) is 4.79 Å². The van der Waals surface area contributed by atoms with Crippen LogP contribution in [0.4, 0.5) is 0 Å². The maximum atomic E-state index is 10.8. The van der Waals surface area contributed by atoms with Gasteiger partial charge < -0.3 is 15.4 Å². The number of nitrogens with zero attached hydrogens (tertiary/aromatic N) is 1. The van der Waals surface area contributed by atoms with E-state index >= 15 is 0 Å². The Labute approximate surface area is 103 Å². The topological polar surface area (TPSA) is 55.6 Å². The van der Waals surface area contributed by atoms with E-state index in [4.69, 9.17) is 22.1 Å². The lowest BCUT2D eigenvalue weighted by atomic mass is 10.2. The molecule has 0 fully saturated rings. The van der Waals surface area contributed by atoms with E-state index in [0.717, 1.165) is 0 Å². The van der Waals surface area contributed by atoms with E-state index in [9.17, 15) is 4.79 Å². The van der Waals surface area contributed by atoms with Gasteiger partial charge in [0.2, 0.25) is 0 Å². The molecule has 0 aromatic carbocycles. The molecule has 5 heteroatoms. The van der Waals surface area contributed by atoms with Gasteiger partial charge in [-0.1, -0.05) is 6.58 Å². The molecule has 0 aliphatic carbocycles. The van der Waals surface area contributed by atoms with Gasteiger partial charge in [0, 0.05) is 11.0 Å². The third kappa shape index (κ3) is 13.4. The SMILES string of the molecule is C=C(C)C(=O)OCC(N)C(C)Cl.CN(C)C. The van der Waals surface area contributed by atoms with Crippen molar-refractivity contribution in [3.8, 4) is 0 Å². The first-order chi connectivity index (χ1) is 7.18. The van der Waals surface area contributed by atoms with Crippen molar-refractivity contribution < 1.29 is 9.53 Å². The minimum Gasteiger partial charge on any atom is -0.461 e. The van der Waals surface area contributed by atoms with Crippen molar-refractivity contribution in [2.75, 3.05) is 27.7 Å². The number of carbonyl (C=O) groups excluding carboxylic acids is 1. The fraction of sp³-hybridized carbons (Fsp3) is 0.727. The van der Waals surface area contributed by atoms with Crippen LogP contribution >= 0.6 is 11.6 Å². The Bertz CT molecular complexity index is 215. The van der Waals surface area contributed by atoms with Crippen LogP contribution in [0.2, 0.25) is 0 Å². The first kappa shape index (κ1) is 17.8. The average molecular weight is 251 g/mol. The molecule has 16 heavy (non-hydrogen) atoms. The molecule has 0 saturated carbocycles. The van der Waals surface area contributed by atoms with E-state index in [2.05, 4.69) is 6.58 Å². The Kier molecular flexibility index (Phi) is 10.7. The minimum atomic E-state index is -0.428. The van der Waals surface area contributed by atoms with Crippen LogP contribution in [0.3, 0.4) is 0 Å². The quantitative estimate of drug-likeness (QED) is 0.463. The first-order valence-corrected chi connectivity index (χ1v) is 5.45. The second-order valence-electron chi connectivity index (χ2n) is 4.06. The number of rotatable bonds is 4. The molecule has 0 amide bonds. The van der Waals surface area contributed by atoms with Gasteiger partial charge >= 0.3 is 5.97 Å². The van der Waals surface area contributed by atoms with Gasteiger partial charge in [0.25, 0.3) is 0 Å². The minimum absolute atomic E-state index is 0.135. The molecule has 0 aromatic rings. The number of esters is 1. The Morgan fingerprint density at radius 1 is 1.50 bits per heavy atom. The smallest absolute Gasteiger partial charge is 0.333 e. The van der Waals surface area contributed by atoms with Gasteiger partial charge in [0.05, 0.1) is 6.04 Å². The van der Waals surface area contributed by atoms with Crippen molar-refractivity contribution in [2.45, 2.75) is 25.3 Å². The van der Waals surface area contributed by atoms with Crippen LogP contribution in [0.15, 0.2) is 12.2 Å². The lowest BCUT2D eigenvalue weighted by molar-refractivity contribution is -0.139. The molecular formula is C11H23ClN2O2. The molecule has 0 aromatic heterocycles. The summed E-state index contributed by atoms with van der Waals surface area (Å²) in [6.07, 6.45) is 0. The van der Waals surface area contributed by atoms with E-state index in [0.29, 0.717) is 5.57 Å². The van der Waals surface area contributed by atoms with E-state index in [-0.39, 0.29) is 18.0 Å². The highest BCUT2D eigenvalue weighted by Gasteiger charge is 2.12. The molecule has 2 unspecified atom stereocenters. The fourth-order valence-corrected chi connectivity index (χ4v) is 0.500. The molecule has 96 valence electrons.